The van der Waals surface area contributed by atoms with Gasteiger partial charge in [0, 0.05) is 45.8 Å². The van der Waals surface area contributed by atoms with Crippen LogP contribution in [-0.4, -0.2) is 87.4 Å². The Morgan fingerprint density at radius 3 is 2.81 bits per heavy atom. The van der Waals surface area contributed by atoms with Crippen molar-refractivity contribution in [3.63, 3.8) is 0 Å². The molecule has 1 N–H and O–H groups in total. The van der Waals surface area contributed by atoms with Crippen LogP contribution in [0.3, 0.4) is 0 Å². The van der Waals surface area contributed by atoms with Crippen molar-refractivity contribution in [2.75, 3.05) is 65.6 Å². The van der Waals surface area contributed by atoms with Crippen LogP contribution in [0.25, 0.3) is 0 Å². The molecule has 2 heterocycles. The molecule has 0 saturated carbocycles. The maximum atomic E-state index is 12.5. The van der Waals surface area contributed by atoms with Gasteiger partial charge in [-0.2, -0.15) is 5.26 Å². The quantitative estimate of drug-likeness (QED) is 0.681. The van der Waals surface area contributed by atoms with Gasteiger partial charge in [-0.3, -0.25) is 9.69 Å². The number of nitrogens with zero attached hydrogens (tertiary/aromatic N) is 3. The van der Waals surface area contributed by atoms with Crippen LogP contribution < -0.4 is 5.32 Å². The summed E-state index contributed by atoms with van der Waals surface area (Å²) in [6.07, 6.45) is -0.0585. The zero-order valence-corrected chi connectivity index (χ0v) is 12.4. The molecule has 1 atom stereocenters. The number of carbonyl (C=O) groups excluding carboxylic acids is 1. The van der Waals surface area contributed by atoms with Gasteiger partial charge in [0.15, 0.2) is 0 Å². The number of nitriles is 1. The molecular formula is C14H24N4O3. The summed E-state index contributed by atoms with van der Waals surface area (Å²) in [6.45, 7) is 7.15. The highest BCUT2D eigenvalue weighted by molar-refractivity contribution is 5.81. The number of ether oxygens (including phenoxy) is 2. The summed E-state index contributed by atoms with van der Waals surface area (Å²) in [5.74, 6) is -0.00860. The second-order valence-corrected chi connectivity index (χ2v) is 5.25. The van der Waals surface area contributed by atoms with E-state index in [1.807, 2.05) is 0 Å². The van der Waals surface area contributed by atoms with E-state index in [0.29, 0.717) is 32.7 Å². The highest BCUT2D eigenvalue weighted by atomic mass is 16.5. The Labute approximate surface area is 125 Å². The molecule has 0 aliphatic carbocycles. The lowest BCUT2D eigenvalue weighted by atomic mass is 10.2. The third-order valence-corrected chi connectivity index (χ3v) is 3.80. The summed E-state index contributed by atoms with van der Waals surface area (Å²) in [5.41, 5.74) is 0. The molecule has 2 aliphatic rings. The molecule has 0 bridgehead atoms. The third kappa shape index (κ3) is 5.25. The highest BCUT2D eigenvalue weighted by Gasteiger charge is 2.27. The fourth-order valence-corrected chi connectivity index (χ4v) is 2.53. The minimum absolute atomic E-state index is 0.00860. The summed E-state index contributed by atoms with van der Waals surface area (Å²) in [6, 6.07) is 2.11. The van der Waals surface area contributed by atoms with E-state index >= 15 is 0 Å². The van der Waals surface area contributed by atoms with Crippen molar-refractivity contribution in [2.45, 2.75) is 12.5 Å². The van der Waals surface area contributed by atoms with Crippen molar-refractivity contribution in [3.8, 4) is 6.07 Å². The lowest BCUT2D eigenvalue weighted by Gasteiger charge is -2.32. The van der Waals surface area contributed by atoms with Crippen LogP contribution in [-0.2, 0) is 14.3 Å². The van der Waals surface area contributed by atoms with E-state index in [9.17, 15) is 4.79 Å². The van der Waals surface area contributed by atoms with Gasteiger partial charge < -0.3 is 19.7 Å². The van der Waals surface area contributed by atoms with Gasteiger partial charge in [-0.1, -0.05) is 0 Å². The molecule has 7 heteroatoms. The smallest absolute Gasteiger partial charge is 0.253 e. The van der Waals surface area contributed by atoms with Crippen molar-refractivity contribution in [3.05, 3.63) is 0 Å². The Morgan fingerprint density at radius 1 is 1.33 bits per heavy atom. The Kier molecular flexibility index (Phi) is 6.89. The van der Waals surface area contributed by atoms with Gasteiger partial charge in [-0.05, 0) is 0 Å². The molecule has 7 nitrogen and oxygen atoms in total. The lowest BCUT2D eigenvalue weighted by Crippen LogP contribution is -2.51. The molecule has 21 heavy (non-hydrogen) atoms. The molecule has 0 aromatic heterocycles. The summed E-state index contributed by atoms with van der Waals surface area (Å²) < 4.78 is 10.8. The minimum Gasteiger partial charge on any atom is -0.379 e. The van der Waals surface area contributed by atoms with Gasteiger partial charge >= 0.3 is 0 Å². The predicted octanol–water partition coefficient (Wildman–Crippen LogP) is -0.951. The van der Waals surface area contributed by atoms with E-state index in [-0.39, 0.29) is 5.91 Å². The topological polar surface area (TPSA) is 77.8 Å². The Hall–Kier alpha value is -1.20. The van der Waals surface area contributed by atoms with Gasteiger partial charge in [0.05, 0.1) is 32.3 Å². The summed E-state index contributed by atoms with van der Waals surface area (Å²) in [7, 11) is 0. The first-order valence-corrected chi connectivity index (χ1v) is 7.59. The first-order valence-electron chi connectivity index (χ1n) is 7.59. The molecule has 0 radical (unpaired) electrons. The molecule has 2 fully saturated rings. The molecule has 1 unspecified atom stereocenters. The number of hydrogen-bond donors (Lipinski definition) is 1. The Morgan fingerprint density at radius 2 is 2.14 bits per heavy atom. The average molecular weight is 296 g/mol. The van der Waals surface area contributed by atoms with E-state index in [2.05, 4.69) is 16.3 Å². The van der Waals surface area contributed by atoms with Crippen molar-refractivity contribution in [1.29, 1.82) is 5.26 Å². The normalized spacial score (nSPS) is 23.5. The fourth-order valence-electron chi connectivity index (χ4n) is 2.53. The number of carbonyl (C=O) groups is 1. The molecule has 0 aromatic rings. The van der Waals surface area contributed by atoms with E-state index in [1.165, 1.54) is 0 Å². The van der Waals surface area contributed by atoms with E-state index in [0.717, 1.165) is 39.4 Å². The number of amides is 1. The van der Waals surface area contributed by atoms with Crippen molar-refractivity contribution < 1.29 is 14.3 Å². The molecule has 2 aliphatic heterocycles. The van der Waals surface area contributed by atoms with Crippen LogP contribution in [0.15, 0.2) is 0 Å². The monoisotopic (exact) mass is 296 g/mol. The van der Waals surface area contributed by atoms with E-state index in [4.69, 9.17) is 14.7 Å². The Bertz CT molecular complexity index is 360. The second-order valence-electron chi connectivity index (χ2n) is 5.25. The van der Waals surface area contributed by atoms with Crippen molar-refractivity contribution in [2.24, 2.45) is 0 Å². The first-order chi connectivity index (χ1) is 10.3. The first kappa shape index (κ1) is 16.2. The summed E-state index contributed by atoms with van der Waals surface area (Å²) >= 11 is 0. The average Bonchev–Trinajstić information content (AvgIpc) is 2.56. The standard InChI is InChI=1S/C14H24N4O3/c15-2-1-4-18(6-5-17-7-10-20-11-8-17)14(19)13-12-16-3-9-21-13/h13,16H,1,3-12H2. The predicted molar refractivity (Wildman–Crippen MR) is 76.7 cm³/mol. The molecule has 118 valence electrons. The van der Waals surface area contributed by atoms with E-state index in [1.54, 1.807) is 4.90 Å². The van der Waals surface area contributed by atoms with Crippen LogP contribution in [0, 0.1) is 11.3 Å². The maximum Gasteiger partial charge on any atom is 0.253 e. The fraction of sp³-hybridized carbons (Fsp3) is 0.857. The zero-order chi connectivity index (χ0) is 14.9. The van der Waals surface area contributed by atoms with Crippen LogP contribution in [0.1, 0.15) is 6.42 Å². The number of hydrogen-bond acceptors (Lipinski definition) is 6. The number of nitrogens with one attached hydrogen (secondary N) is 1. The number of morpholine rings is 2. The molecule has 0 spiro atoms. The van der Waals surface area contributed by atoms with Crippen LogP contribution >= 0.6 is 0 Å². The number of rotatable bonds is 6. The summed E-state index contributed by atoms with van der Waals surface area (Å²) in [5, 5.41) is 11.9. The van der Waals surface area contributed by atoms with Crippen LogP contribution in [0.2, 0.25) is 0 Å². The molecule has 2 saturated heterocycles. The van der Waals surface area contributed by atoms with Crippen LogP contribution in [0.5, 0.6) is 0 Å². The highest BCUT2D eigenvalue weighted by Crippen LogP contribution is 2.05. The summed E-state index contributed by atoms with van der Waals surface area (Å²) in [4.78, 5) is 16.5. The molecule has 2 rings (SSSR count). The largest absolute Gasteiger partial charge is 0.379 e. The molecule has 1 amide bonds. The second kappa shape index (κ2) is 8.95. The van der Waals surface area contributed by atoms with E-state index < -0.39 is 6.10 Å². The van der Waals surface area contributed by atoms with Gasteiger partial charge in [0.1, 0.15) is 6.10 Å². The third-order valence-electron chi connectivity index (χ3n) is 3.80. The van der Waals surface area contributed by atoms with Crippen molar-refractivity contribution in [1.82, 2.24) is 15.1 Å². The van der Waals surface area contributed by atoms with Crippen LogP contribution in [0.4, 0.5) is 0 Å². The Balaban J connectivity index is 1.83. The van der Waals surface area contributed by atoms with Gasteiger partial charge in [-0.15, -0.1) is 0 Å². The van der Waals surface area contributed by atoms with Gasteiger partial charge in [-0.25, -0.2) is 0 Å². The lowest BCUT2D eigenvalue weighted by molar-refractivity contribution is -0.145. The maximum absolute atomic E-state index is 12.5. The van der Waals surface area contributed by atoms with Gasteiger partial charge in [0.25, 0.3) is 5.91 Å². The van der Waals surface area contributed by atoms with Crippen molar-refractivity contribution >= 4 is 5.91 Å². The molecule has 0 aromatic carbocycles. The minimum atomic E-state index is -0.415. The van der Waals surface area contributed by atoms with Gasteiger partial charge in [0.2, 0.25) is 0 Å². The zero-order valence-electron chi connectivity index (χ0n) is 12.4. The molecular weight excluding hydrogens is 272 g/mol. The SMILES string of the molecule is N#CCCN(CCN1CCOCC1)C(=O)C1CNCCO1.